The zero-order valence-corrected chi connectivity index (χ0v) is 21.8. The molecular formula is C29H28O8S. The van der Waals surface area contributed by atoms with Crippen LogP contribution < -0.4 is 0 Å². The zero-order valence-electron chi connectivity index (χ0n) is 20.9. The van der Waals surface area contributed by atoms with Gasteiger partial charge in [0.05, 0.1) is 16.4 Å². The number of rotatable bonds is 8. The van der Waals surface area contributed by atoms with E-state index in [-0.39, 0.29) is 13.2 Å². The van der Waals surface area contributed by atoms with Crippen molar-refractivity contribution in [3.63, 3.8) is 0 Å². The lowest BCUT2D eigenvalue weighted by molar-refractivity contribution is -0.0675. The van der Waals surface area contributed by atoms with Crippen LogP contribution in [0.4, 0.5) is 4.79 Å². The average Bonchev–Trinajstić information content (AvgIpc) is 3.20. The first kappa shape index (κ1) is 27.2. The van der Waals surface area contributed by atoms with E-state index in [1.165, 1.54) is 0 Å². The van der Waals surface area contributed by atoms with Gasteiger partial charge in [-0.1, -0.05) is 65.7 Å². The van der Waals surface area contributed by atoms with Gasteiger partial charge < -0.3 is 24.1 Å². The van der Waals surface area contributed by atoms with Gasteiger partial charge in [0.2, 0.25) is 0 Å². The summed E-state index contributed by atoms with van der Waals surface area (Å²) < 4.78 is 21.7. The topological polar surface area (TPSA) is 108 Å². The van der Waals surface area contributed by atoms with Gasteiger partial charge in [-0.3, -0.25) is 0 Å². The van der Waals surface area contributed by atoms with E-state index in [0.717, 1.165) is 28.5 Å². The lowest BCUT2D eigenvalue weighted by atomic mass is 10.1. The number of carbonyl (C=O) groups excluding carboxylic acids is 3. The quantitative estimate of drug-likeness (QED) is 0.319. The molecule has 0 radical (unpaired) electrons. The molecule has 0 bridgehead atoms. The highest BCUT2D eigenvalue weighted by Gasteiger charge is 2.49. The number of aryl methyl sites for hydroxylation is 2. The van der Waals surface area contributed by atoms with Crippen LogP contribution in [0, 0.1) is 13.8 Å². The van der Waals surface area contributed by atoms with E-state index >= 15 is 0 Å². The molecule has 3 aromatic carbocycles. The molecule has 198 valence electrons. The van der Waals surface area contributed by atoms with E-state index in [1.807, 2.05) is 32.0 Å². The number of benzene rings is 3. The molecule has 1 N–H and O–H groups in total. The number of ether oxygens (including phenoxy) is 4. The van der Waals surface area contributed by atoms with Crippen molar-refractivity contribution in [1.82, 2.24) is 0 Å². The predicted molar refractivity (Wildman–Crippen MR) is 141 cm³/mol. The molecule has 9 heteroatoms. The second-order valence-electron chi connectivity index (χ2n) is 8.87. The van der Waals surface area contributed by atoms with Crippen LogP contribution in [-0.4, -0.2) is 52.7 Å². The molecule has 1 saturated heterocycles. The molecule has 2 unspecified atom stereocenters. The number of carbonyl (C=O) groups is 3. The Bertz CT molecular complexity index is 1240. The van der Waals surface area contributed by atoms with Crippen molar-refractivity contribution in [3.8, 4) is 0 Å². The number of aliphatic hydroxyl groups excluding tert-OH is 1. The van der Waals surface area contributed by atoms with Crippen molar-refractivity contribution in [2.75, 3.05) is 6.61 Å². The molecule has 1 fully saturated rings. The highest BCUT2D eigenvalue weighted by atomic mass is 32.2. The number of hydrogen-bond donors (Lipinski definition) is 1. The van der Waals surface area contributed by atoms with Gasteiger partial charge in [-0.05, 0) is 43.7 Å². The maximum Gasteiger partial charge on any atom is 0.509 e. The van der Waals surface area contributed by atoms with Crippen LogP contribution in [0.3, 0.4) is 0 Å². The molecule has 38 heavy (non-hydrogen) atoms. The summed E-state index contributed by atoms with van der Waals surface area (Å²) in [6, 6.07) is 22.7. The van der Waals surface area contributed by atoms with Crippen LogP contribution >= 0.6 is 11.8 Å². The van der Waals surface area contributed by atoms with E-state index in [0.29, 0.717) is 11.1 Å². The second-order valence-corrected chi connectivity index (χ2v) is 10.2. The summed E-state index contributed by atoms with van der Waals surface area (Å²) in [7, 11) is 0. The molecule has 8 nitrogen and oxygen atoms in total. The largest absolute Gasteiger partial charge is 0.509 e. The second kappa shape index (κ2) is 12.6. The Morgan fingerprint density at radius 2 is 1.32 bits per heavy atom. The summed E-state index contributed by atoms with van der Waals surface area (Å²) in [6.07, 6.45) is -3.35. The monoisotopic (exact) mass is 536 g/mol. The van der Waals surface area contributed by atoms with Gasteiger partial charge in [-0.2, -0.15) is 0 Å². The molecule has 4 rings (SSSR count). The third-order valence-electron chi connectivity index (χ3n) is 5.91. The fraction of sp³-hybridized carbons (Fsp3) is 0.276. The molecule has 1 aliphatic rings. The SMILES string of the molecule is Cc1ccc(C(=O)OC[C@@H]2SC(O)C(OC(=O)OCc3ccccc3)[C@@H]2OC(=O)c2ccc(C)cc2)cc1. The Labute approximate surface area is 224 Å². The smallest absolute Gasteiger partial charge is 0.461 e. The molecule has 0 saturated carbocycles. The summed E-state index contributed by atoms with van der Waals surface area (Å²) in [5.41, 5.74) is 2.15. The first-order valence-corrected chi connectivity index (χ1v) is 13.0. The maximum atomic E-state index is 12.9. The van der Waals surface area contributed by atoms with E-state index in [9.17, 15) is 19.5 Å². The molecule has 0 aliphatic carbocycles. The van der Waals surface area contributed by atoms with Gasteiger partial charge in [0.25, 0.3) is 0 Å². The summed E-state index contributed by atoms with van der Waals surface area (Å²) in [5.74, 6) is -1.22. The van der Waals surface area contributed by atoms with Crippen molar-refractivity contribution in [2.24, 2.45) is 0 Å². The first-order chi connectivity index (χ1) is 18.3. The maximum absolute atomic E-state index is 12.9. The Balaban J connectivity index is 1.45. The van der Waals surface area contributed by atoms with Gasteiger partial charge in [0, 0.05) is 0 Å². The van der Waals surface area contributed by atoms with Crippen LogP contribution in [-0.2, 0) is 25.6 Å². The minimum atomic E-state index is -1.24. The van der Waals surface area contributed by atoms with Gasteiger partial charge in [0.15, 0.2) is 12.2 Å². The van der Waals surface area contributed by atoms with Crippen molar-refractivity contribution in [1.29, 1.82) is 0 Å². The third-order valence-corrected chi connectivity index (χ3v) is 7.21. The van der Waals surface area contributed by atoms with E-state index in [4.69, 9.17) is 18.9 Å². The third kappa shape index (κ3) is 7.14. The van der Waals surface area contributed by atoms with Crippen LogP contribution in [0.15, 0.2) is 78.9 Å². The number of esters is 2. The van der Waals surface area contributed by atoms with Crippen molar-refractivity contribution in [3.05, 3.63) is 107 Å². The van der Waals surface area contributed by atoms with Crippen molar-refractivity contribution < 1.29 is 38.4 Å². The van der Waals surface area contributed by atoms with E-state index < -0.39 is 41.0 Å². The highest BCUT2D eigenvalue weighted by Crippen LogP contribution is 2.38. The van der Waals surface area contributed by atoms with Crippen LogP contribution in [0.25, 0.3) is 0 Å². The number of thioether (sulfide) groups is 1. The van der Waals surface area contributed by atoms with Crippen LogP contribution in [0.5, 0.6) is 0 Å². The Morgan fingerprint density at radius 1 is 0.737 bits per heavy atom. The normalized spacial score (nSPS) is 20.4. The Kier molecular flexibility index (Phi) is 9.04. The number of hydrogen-bond acceptors (Lipinski definition) is 9. The summed E-state index contributed by atoms with van der Waals surface area (Å²) in [6.45, 7) is 3.59. The molecule has 4 atom stereocenters. The molecule has 3 aromatic rings. The fourth-order valence-electron chi connectivity index (χ4n) is 3.78. The molecule has 1 aliphatic heterocycles. The summed E-state index contributed by atoms with van der Waals surface area (Å²) in [4.78, 5) is 37.9. The number of aliphatic hydroxyl groups is 1. The van der Waals surface area contributed by atoms with Crippen LogP contribution in [0.2, 0.25) is 0 Å². The molecular weight excluding hydrogens is 508 g/mol. The van der Waals surface area contributed by atoms with E-state index in [1.54, 1.807) is 60.7 Å². The van der Waals surface area contributed by atoms with E-state index in [2.05, 4.69) is 0 Å². The van der Waals surface area contributed by atoms with Gasteiger partial charge in [-0.15, -0.1) is 11.8 Å². The Hall–Kier alpha value is -3.82. The standard InChI is InChI=1S/C29H28O8S/c1-18-8-12-21(13-9-18)26(30)34-17-23-24(36-27(31)22-14-10-19(2)11-15-22)25(28(32)38-23)37-29(33)35-16-20-6-4-3-5-7-20/h3-15,23-25,28,32H,16-17H2,1-2H3/t23-,24+,25?,28?/m0/s1. The first-order valence-electron chi connectivity index (χ1n) is 12.0. The predicted octanol–water partition coefficient (Wildman–Crippen LogP) is 4.84. The highest BCUT2D eigenvalue weighted by molar-refractivity contribution is 8.00. The molecule has 1 heterocycles. The van der Waals surface area contributed by atoms with Gasteiger partial charge >= 0.3 is 18.1 Å². The minimum Gasteiger partial charge on any atom is -0.461 e. The summed E-state index contributed by atoms with van der Waals surface area (Å²) in [5, 5.41) is 10.0. The Morgan fingerprint density at radius 3 is 1.92 bits per heavy atom. The lowest BCUT2D eigenvalue weighted by Crippen LogP contribution is -2.42. The fourth-order valence-corrected chi connectivity index (χ4v) is 5.02. The van der Waals surface area contributed by atoms with Crippen molar-refractivity contribution >= 4 is 29.9 Å². The van der Waals surface area contributed by atoms with Gasteiger partial charge in [0.1, 0.15) is 18.6 Å². The zero-order chi connectivity index (χ0) is 27.1. The molecule has 0 amide bonds. The summed E-state index contributed by atoms with van der Waals surface area (Å²) >= 11 is 0.986. The van der Waals surface area contributed by atoms with Crippen LogP contribution in [0.1, 0.15) is 37.4 Å². The lowest BCUT2D eigenvalue weighted by Gasteiger charge is -2.24. The van der Waals surface area contributed by atoms with Crippen molar-refractivity contribution in [2.45, 2.75) is 43.3 Å². The molecule has 0 spiro atoms. The average molecular weight is 537 g/mol. The minimum absolute atomic E-state index is 0.0267. The van der Waals surface area contributed by atoms with Gasteiger partial charge in [-0.25, -0.2) is 14.4 Å². The molecule has 0 aromatic heterocycles.